The van der Waals surface area contributed by atoms with Crippen molar-refractivity contribution in [2.24, 2.45) is 0 Å². The largest absolute Gasteiger partial charge is 0.497 e. The van der Waals surface area contributed by atoms with Crippen LogP contribution >= 0.6 is 11.8 Å². The Bertz CT molecular complexity index is 857. The fourth-order valence-electron chi connectivity index (χ4n) is 2.35. The quantitative estimate of drug-likeness (QED) is 0.631. The molecule has 2 aromatic heterocycles. The van der Waals surface area contributed by atoms with Crippen molar-refractivity contribution >= 4 is 34.6 Å². The number of benzene rings is 1. The molecule has 0 unspecified atom stereocenters. The molecular weight excluding hydrogens is 354 g/mol. The molecule has 0 radical (unpaired) electrons. The first-order chi connectivity index (χ1) is 12.6. The molecule has 0 spiro atoms. The van der Waals surface area contributed by atoms with Gasteiger partial charge < -0.3 is 19.2 Å². The lowest BCUT2D eigenvalue weighted by molar-refractivity contribution is -0.115. The lowest BCUT2D eigenvalue weighted by Crippen LogP contribution is -2.24. The summed E-state index contributed by atoms with van der Waals surface area (Å²) in [5.74, 6) is 1.05. The molecular formula is C18H19N3O4S. The van der Waals surface area contributed by atoms with Crippen molar-refractivity contribution in [3.05, 3.63) is 36.5 Å². The lowest BCUT2D eigenvalue weighted by atomic mass is 10.2. The van der Waals surface area contributed by atoms with E-state index in [1.807, 2.05) is 6.92 Å². The number of hydrogen-bond acceptors (Lipinski definition) is 7. The molecule has 0 fully saturated rings. The summed E-state index contributed by atoms with van der Waals surface area (Å²) < 4.78 is 16.1. The van der Waals surface area contributed by atoms with Crippen molar-refractivity contribution in [2.45, 2.75) is 23.8 Å². The minimum atomic E-state index is -0.361. The third-order valence-electron chi connectivity index (χ3n) is 3.67. The molecule has 0 aliphatic rings. The molecule has 0 aliphatic carbocycles. The number of fused-ring (bicyclic) bond motifs is 1. The maximum absolute atomic E-state index is 12.7. The van der Waals surface area contributed by atoms with Crippen LogP contribution in [0.1, 0.15) is 13.3 Å². The summed E-state index contributed by atoms with van der Waals surface area (Å²) in [5.41, 5.74) is 1.73. The van der Waals surface area contributed by atoms with Crippen molar-refractivity contribution in [1.29, 1.82) is 0 Å². The summed E-state index contributed by atoms with van der Waals surface area (Å²) in [6.45, 7) is 1.93. The van der Waals surface area contributed by atoms with Crippen molar-refractivity contribution in [1.82, 2.24) is 9.97 Å². The third-order valence-corrected chi connectivity index (χ3v) is 4.88. The number of pyridine rings is 1. The Morgan fingerprint density at radius 2 is 2.00 bits per heavy atom. The second-order valence-corrected chi connectivity index (χ2v) is 6.56. The van der Waals surface area contributed by atoms with Crippen LogP contribution < -0.4 is 14.8 Å². The Balaban J connectivity index is 1.74. The van der Waals surface area contributed by atoms with Gasteiger partial charge in [0, 0.05) is 30.1 Å². The van der Waals surface area contributed by atoms with Gasteiger partial charge in [-0.1, -0.05) is 18.7 Å². The average Bonchev–Trinajstić information content (AvgIpc) is 3.08. The summed E-state index contributed by atoms with van der Waals surface area (Å²) in [6.07, 6.45) is 2.27. The van der Waals surface area contributed by atoms with Crippen LogP contribution in [0, 0.1) is 0 Å². The van der Waals surface area contributed by atoms with E-state index in [4.69, 9.17) is 13.9 Å². The molecule has 7 nitrogen and oxygen atoms in total. The van der Waals surface area contributed by atoms with Gasteiger partial charge in [-0.25, -0.2) is 4.98 Å². The number of amides is 1. The van der Waals surface area contributed by atoms with Crippen LogP contribution in [0.25, 0.3) is 11.2 Å². The number of aromatic nitrogens is 2. The van der Waals surface area contributed by atoms with E-state index in [0.29, 0.717) is 40.1 Å². The number of carbonyl (C=O) groups excluding carboxylic acids is 1. The fraction of sp³-hybridized carbons (Fsp3) is 0.278. The second kappa shape index (κ2) is 8.09. The van der Waals surface area contributed by atoms with Crippen LogP contribution in [0.3, 0.4) is 0 Å². The molecule has 2 heterocycles. The van der Waals surface area contributed by atoms with E-state index < -0.39 is 0 Å². The van der Waals surface area contributed by atoms with Crippen molar-refractivity contribution in [2.75, 3.05) is 19.5 Å². The minimum absolute atomic E-state index is 0.150. The van der Waals surface area contributed by atoms with E-state index in [1.54, 1.807) is 50.7 Å². The van der Waals surface area contributed by atoms with Crippen LogP contribution in [0.2, 0.25) is 0 Å². The molecule has 26 heavy (non-hydrogen) atoms. The summed E-state index contributed by atoms with van der Waals surface area (Å²) >= 11 is 1.27. The van der Waals surface area contributed by atoms with Gasteiger partial charge in [-0.05, 0) is 18.6 Å². The highest BCUT2D eigenvalue weighted by Crippen LogP contribution is 2.30. The maximum Gasteiger partial charge on any atom is 0.259 e. The van der Waals surface area contributed by atoms with Crippen LogP contribution in [0.4, 0.5) is 5.69 Å². The number of nitrogens with zero attached hydrogens (tertiary/aromatic N) is 2. The maximum atomic E-state index is 12.7. The van der Waals surface area contributed by atoms with Crippen LogP contribution in [-0.2, 0) is 4.79 Å². The Morgan fingerprint density at radius 3 is 2.62 bits per heavy atom. The van der Waals surface area contributed by atoms with Gasteiger partial charge in [0.25, 0.3) is 5.22 Å². The monoisotopic (exact) mass is 373 g/mol. The van der Waals surface area contributed by atoms with E-state index in [2.05, 4.69) is 15.3 Å². The number of oxazole rings is 1. The van der Waals surface area contributed by atoms with Gasteiger partial charge >= 0.3 is 0 Å². The molecule has 1 N–H and O–H groups in total. The van der Waals surface area contributed by atoms with Gasteiger partial charge in [-0.3, -0.25) is 4.79 Å². The zero-order valence-corrected chi connectivity index (χ0v) is 15.5. The summed E-state index contributed by atoms with van der Waals surface area (Å²) in [5, 5.41) is 2.95. The van der Waals surface area contributed by atoms with E-state index in [0.717, 1.165) is 0 Å². The molecule has 1 aromatic carbocycles. The highest BCUT2D eigenvalue weighted by molar-refractivity contribution is 8.00. The standard InChI is InChI=1S/C18H19N3O4S/c1-4-15(26-18-21-16-14(25-18)6-5-7-19-16)17(22)20-11-8-12(23-2)10-13(9-11)24-3/h5-10,15H,4H2,1-3H3,(H,20,22)/t15-/m0/s1. The normalized spacial score (nSPS) is 12.0. The number of thioether (sulfide) groups is 1. The van der Waals surface area contributed by atoms with Gasteiger partial charge in [0.15, 0.2) is 11.2 Å². The van der Waals surface area contributed by atoms with E-state index >= 15 is 0 Å². The molecule has 0 aliphatic heterocycles. The predicted molar refractivity (Wildman–Crippen MR) is 99.9 cm³/mol. The molecule has 0 saturated heterocycles. The van der Waals surface area contributed by atoms with Gasteiger partial charge in [0.05, 0.1) is 19.5 Å². The second-order valence-electron chi connectivity index (χ2n) is 5.41. The average molecular weight is 373 g/mol. The molecule has 0 bridgehead atoms. The topological polar surface area (TPSA) is 86.5 Å². The lowest BCUT2D eigenvalue weighted by Gasteiger charge is -2.14. The fourth-order valence-corrected chi connectivity index (χ4v) is 3.20. The first-order valence-electron chi connectivity index (χ1n) is 8.05. The Labute approximate surface area is 155 Å². The smallest absolute Gasteiger partial charge is 0.259 e. The van der Waals surface area contributed by atoms with Gasteiger partial charge in [-0.15, -0.1) is 0 Å². The number of rotatable bonds is 7. The van der Waals surface area contributed by atoms with E-state index in [-0.39, 0.29) is 11.2 Å². The SMILES string of the molecule is CC[C@H](Sc1nc2ncccc2o1)C(=O)Nc1cc(OC)cc(OC)c1. The molecule has 8 heteroatoms. The van der Waals surface area contributed by atoms with Gasteiger partial charge in [0.2, 0.25) is 5.91 Å². The first-order valence-corrected chi connectivity index (χ1v) is 8.93. The van der Waals surface area contributed by atoms with Crippen LogP contribution in [-0.4, -0.2) is 35.3 Å². The zero-order valence-electron chi connectivity index (χ0n) is 14.7. The number of hydrogen-bond donors (Lipinski definition) is 1. The van der Waals surface area contributed by atoms with Crippen LogP contribution in [0.15, 0.2) is 46.2 Å². The molecule has 3 rings (SSSR count). The van der Waals surface area contributed by atoms with Gasteiger partial charge in [-0.2, -0.15) is 4.98 Å². The summed E-state index contributed by atoms with van der Waals surface area (Å²) in [7, 11) is 3.12. The molecule has 1 atom stereocenters. The molecule has 0 saturated carbocycles. The predicted octanol–water partition coefficient (Wildman–Crippen LogP) is 3.75. The number of methoxy groups -OCH3 is 2. The highest BCUT2D eigenvalue weighted by atomic mass is 32.2. The van der Waals surface area contributed by atoms with Crippen molar-refractivity contribution in [3.63, 3.8) is 0 Å². The summed E-state index contributed by atoms with van der Waals surface area (Å²) in [6, 6.07) is 8.79. The minimum Gasteiger partial charge on any atom is -0.497 e. The van der Waals surface area contributed by atoms with Gasteiger partial charge in [0.1, 0.15) is 11.5 Å². The number of ether oxygens (including phenoxy) is 2. The molecule has 3 aromatic rings. The number of anilines is 1. The zero-order chi connectivity index (χ0) is 18.5. The Kier molecular flexibility index (Phi) is 5.62. The number of nitrogens with one attached hydrogen (secondary N) is 1. The number of carbonyl (C=O) groups is 1. The van der Waals surface area contributed by atoms with Crippen LogP contribution in [0.5, 0.6) is 11.5 Å². The van der Waals surface area contributed by atoms with Crippen molar-refractivity contribution < 1.29 is 18.7 Å². The Hall–Kier alpha value is -2.74. The third kappa shape index (κ3) is 4.08. The van der Waals surface area contributed by atoms with Crippen molar-refractivity contribution in [3.8, 4) is 11.5 Å². The highest BCUT2D eigenvalue weighted by Gasteiger charge is 2.22. The summed E-state index contributed by atoms with van der Waals surface area (Å²) in [4.78, 5) is 21.1. The molecule has 1 amide bonds. The van der Waals surface area contributed by atoms with E-state index in [1.165, 1.54) is 11.8 Å². The van der Waals surface area contributed by atoms with E-state index in [9.17, 15) is 4.79 Å². The molecule has 136 valence electrons. The Morgan fingerprint density at radius 1 is 1.27 bits per heavy atom. The first kappa shape index (κ1) is 18.1.